The smallest absolute Gasteiger partial charge is 0.238 e. The van der Waals surface area contributed by atoms with Gasteiger partial charge in [0.05, 0.1) is 28.2 Å². The van der Waals surface area contributed by atoms with Crippen LogP contribution in [-0.2, 0) is 19.4 Å². The van der Waals surface area contributed by atoms with Crippen molar-refractivity contribution < 1.29 is 23.1 Å². The topological polar surface area (TPSA) is 91.8 Å². The number of benzene rings is 1. The highest BCUT2D eigenvalue weighted by molar-refractivity contribution is 7.91. The number of carbonyl (C=O) groups excluding carboxylic acids is 2. The van der Waals surface area contributed by atoms with Crippen LogP contribution in [0.3, 0.4) is 0 Å². The molecule has 2 amide bonds. The van der Waals surface area contributed by atoms with E-state index in [0.29, 0.717) is 0 Å². The van der Waals surface area contributed by atoms with Crippen LogP contribution in [0.15, 0.2) is 35.2 Å². The number of hydrogen-bond donors (Lipinski definition) is 1. The summed E-state index contributed by atoms with van der Waals surface area (Å²) in [4.78, 5) is 26.5. The van der Waals surface area contributed by atoms with Crippen LogP contribution in [0.5, 0.6) is 5.75 Å². The van der Waals surface area contributed by atoms with Gasteiger partial charge in [-0.3, -0.25) is 9.59 Å². The molecule has 0 aromatic heterocycles. The lowest BCUT2D eigenvalue weighted by atomic mass is 9.85. The first-order valence-electron chi connectivity index (χ1n) is 7.97. The lowest BCUT2D eigenvalue weighted by Crippen LogP contribution is -2.33. The minimum absolute atomic E-state index is 0.00319. The van der Waals surface area contributed by atoms with E-state index in [1.54, 1.807) is 0 Å². The monoisotopic (exact) mass is 347 g/mol. The Balaban J connectivity index is 1.79. The Bertz CT molecular complexity index is 858. The van der Waals surface area contributed by atoms with E-state index in [1.807, 2.05) is 12.2 Å². The van der Waals surface area contributed by atoms with Crippen molar-refractivity contribution >= 4 is 27.3 Å². The molecule has 1 aromatic carbocycles. The average Bonchev–Trinajstić information content (AvgIpc) is 3.22. The number of anilines is 1. The minimum Gasteiger partial charge on any atom is -0.506 e. The van der Waals surface area contributed by atoms with Gasteiger partial charge < -0.3 is 5.11 Å². The zero-order valence-electron chi connectivity index (χ0n) is 13.0. The largest absolute Gasteiger partial charge is 0.506 e. The van der Waals surface area contributed by atoms with E-state index >= 15 is 0 Å². The number of phenolic OH excluding ortho intramolecular Hbond substituents is 1. The first kappa shape index (κ1) is 15.4. The summed E-state index contributed by atoms with van der Waals surface area (Å²) in [5.74, 6) is -1.72. The number of rotatable bonds is 3. The van der Waals surface area contributed by atoms with Gasteiger partial charge in [0.25, 0.3) is 0 Å². The molecule has 6 nitrogen and oxygen atoms in total. The molecular formula is C17H17NO5S. The van der Waals surface area contributed by atoms with E-state index in [1.165, 1.54) is 25.1 Å². The highest BCUT2D eigenvalue weighted by atomic mass is 32.2. The Hall–Kier alpha value is -2.15. The van der Waals surface area contributed by atoms with Crippen molar-refractivity contribution in [2.75, 3.05) is 10.7 Å². The third kappa shape index (κ3) is 1.90. The third-order valence-electron chi connectivity index (χ3n) is 5.40. The molecule has 0 radical (unpaired) electrons. The third-order valence-corrected chi connectivity index (χ3v) is 7.13. The Morgan fingerprint density at radius 1 is 1.12 bits per heavy atom. The maximum absolute atomic E-state index is 12.8. The first-order valence-corrected chi connectivity index (χ1v) is 9.62. The zero-order chi connectivity index (χ0) is 17.2. The summed E-state index contributed by atoms with van der Waals surface area (Å²) in [7, 11) is -3.50. The second-order valence-electron chi connectivity index (χ2n) is 6.57. The number of phenols is 1. The number of allylic oxidation sites excluding steroid dienone is 2. The van der Waals surface area contributed by atoms with Crippen molar-refractivity contribution in [2.45, 2.75) is 18.2 Å². The van der Waals surface area contributed by atoms with Crippen LogP contribution in [0.1, 0.15) is 13.3 Å². The number of carbonyl (C=O) groups is 2. The summed E-state index contributed by atoms with van der Waals surface area (Å²) in [6.45, 7) is 1.52. The van der Waals surface area contributed by atoms with Gasteiger partial charge in [-0.1, -0.05) is 19.1 Å². The molecule has 126 valence electrons. The predicted octanol–water partition coefficient (Wildman–Crippen LogP) is 1.50. The van der Waals surface area contributed by atoms with Gasteiger partial charge in [-0.25, -0.2) is 13.3 Å². The van der Waals surface area contributed by atoms with E-state index < -0.39 is 21.7 Å². The number of amides is 2. The maximum Gasteiger partial charge on any atom is 0.238 e. The summed E-state index contributed by atoms with van der Waals surface area (Å²) in [6.07, 6.45) is 4.79. The van der Waals surface area contributed by atoms with Crippen LogP contribution < -0.4 is 4.90 Å². The standard InChI is InChI=1S/C17H17NO5S/c1-2-24(22,23)11-5-6-13(19)12(8-11)18-16(20)14-9-3-4-10(7-9)15(14)17(18)21/h3-6,8-10,14-15,19H,2,7H2,1H3/t9-,10-,14-,15+/m1/s1. The number of sulfone groups is 1. The second kappa shape index (κ2) is 4.92. The van der Waals surface area contributed by atoms with E-state index in [9.17, 15) is 23.1 Å². The van der Waals surface area contributed by atoms with Gasteiger partial charge in [0, 0.05) is 0 Å². The van der Waals surface area contributed by atoms with Gasteiger partial charge in [0.2, 0.25) is 11.8 Å². The van der Waals surface area contributed by atoms with Gasteiger partial charge in [0.1, 0.15) is 5.75 Å². The zero-order valence-corrected chi connectivity index (χ0v) is 13.9. The molecule has 1 aliphatic heterocycles. The van der Waals surface area contributed by atoms with E-state index in [0.717, 1.165) is 11.3 Å². The molecule has 0 unspecified atom stereocenters. The molecular weight excluding hydrogens is 330 g/mol. The number of fused-ring (bicyclic) bond motifs is 5. The molecule has 1 heterocycles. The summed E-state index contributed by atoms with van der Waals surface area (Å²) >= 11 is 0. The number of nitrogens with zero attached hydrogens (tertiary/aromatic N) is 1. The molecule has 3 aliphatic rings. The van der Waals surface area contributed by atoms with Crippen LogP contribution in [-0.4, -0.2) is 31.1 Å². The lowest BCUT2D eigenvalue weighted by molar-refractivity contribution is -0.123. The molecule has 24 heavy (non-hydrogen) atoms. The Morgan fingerprint density at radius 2 is 1.71 bits per heavy atom. The molecule has 1 saturated heterocycles. The van der Waals surface area contributed by atoms with E-state index in [-0.39, 0.29) is 45.7 Å². The fourth-order valence-electron chi connectivity index (χ4n) is 4.18. The van der Waals surface area contributed by atoms with Gasteiger partial charge >= 0.3 is 0 Å². The van der Waals surface area contributed by atoms with Crippen LogP contribution in [0.2, 0.25) is 0 Å². The van der Waals surface area contributed by atoms with Crippen molar-refractivity contribution in [3.63, 3.8) is 0 Å². The van der Waals surface area contributed by atoms with Gasteiger partial charge in [-0.2, -0.15) is 0 Å². The molecule has 0 spiro atoms. The normalized spacial score (nSPS) is 31.1. The fourth-order valence-corrected chi connectivity index (χ4v) is 5.08. The molecule has 4 rings (SSSR count). The lowest BCUT2D eigenvalue weighted by Gasteiger charge is -2.19. The van der Waals surface area contributed by atoms with Crippen LogP contribution >= 0.6 is 0 Å². The Kier molecular flexibility index (Phi) is 3.16. The highest BCUT2D eigenvalue weighted by Gasteiger charge is 2.59. The van der Waals surface area contributed by atoms with Crippen molar-refractivity contribution in [1.29, 1.82) is 0 Å². The van der Waals surface area contributed by atoms with Crippen molar-refractivity contribution in [2.24, 2.45) is 23.7 Å². The molecule has 4 atom stereocenters. The van der Waals surface area contributed by atoms with Gasteiger partial charge in [0.15, 0.2) is 9.84 Å². The van der Waals surface area contributed by atoms with Gasteiger partial charge in [-0.15, -0.1) is 0 Å². The molecule has 1 aromatic rings. The molecule has 7 heteroatoms. The van der Waals surface area contributed by atoms with Crippen LogP contribution in [0.25, 0.3) is 0 Å². The quantitative estimate of drug-likeness (QED) is 0.661. The van der Waals surface area contributed by atoms with Crippen molar-refractivity contribution in [3.05, 3.63) is 30.4 Å². The van der Waals surface area contributed by atoms with Crippen molar-refractivity contribution in [1.82, 2.24) is 0 Å². The van der Waals surface area contributed by atoms with Crippen LogP contribution in [0, 0.1) is 23.7 Å². The number of aromatic hydroxyl groups is 1. The predicted molar refractivity (Wildman–Crippen MR) is 86.0 cm³/mol. The molecule has 1 N–H and O–H groups in total. The first-order chi connectivity index (χ1) is 11.3. The van der Waals surface area contributed by atoms with Crippen LogP contribution in [0.4, 0.5) is 5.69 Å². The minimum atomic E-state index is -3.50. The highest BCUT2D eigenvalue weighted by Crippen LogP contribution is 2.53. The molecule has 2 bridgehead atoms. The maximum atomic E-state index is 12.8. The summed E-state index contributed by atoms with van der Waals surface area (Å²) < 4.78 is 24.1. The molecule has 2 fully saturated rings. The second-order valence-corrected chi connectivity index (χ2v) is 8.84. The summed E-state index contributed by atoms with van der Waals surface area (Å²) in [5.41, 5.74) is -0.0340. The molecule has 1 saturated carbocycles. The van der Waals surface area contributed by atoms with Crippen molar-refractivity contribution in [3.8, 4) is 5.75 Å². The summed E-state index contributed by atoms with van der Waals surface area (Å²) in [6, 6.07) is 3.73. The Morgan fingerprint density at radius 3 is 2.25 bits per heavy atom. The van der Waals surface area contributed by atoms with Gasteiger partial charge in [-0.05, 0) is 36.5 Å². The summed E-state index contributed by atoms with van der Waals surface area (Å²) in [5, 5.41) is 10.1. The number of hydrogen-bond acceptors (Lipinski definition) is 5. The Labute approximate surface area is 139 Å². The van der Waals surface area contributed by atoms with E-state index in [2.05, 4.69) is 0 Å². The fraction of sp³-hybridized carbons (Fsp3) is 0.412. The van der Waals surface area contributed by atoms with E-state index in [4.69, 9.17) is 0 Å². The molecule has 2 aliphatic carbocycles. The SMILES string of the molecule is CCS(=O)(=O)c1ccc(O)c(N2C(=O)[C@@H]3[C@H](C2=O)[C@@H]2C=C[C@@H]3C2)c1. The number of imide groups is 1. The average molecular weight is 347 g/mol.